The van der Waals surface area contributed by atoms with Gasteiger partial charge in [-0.1, -0.05) is 42.1 Å². The Morgan fingerprint density at radius 2 is 1.88 bits per heavy atom. The zero-order valence-corrected chi connectivity index (χ0v) is 13.5. The van der Waals surface area contributed by atoms with E-state index >= 15 is 0 Å². The molecule has 2 N–H and O–H groups in total. The molecule has 0 aliphatic rings. The Kier molecular flexibility index (Phi) is 6.40. The van der Waals surface area contributed by atoms with Crippen molar-refractivity contribution in [3.63, 3.8) is 0 Å². The summed E-state index contributed by atoms with van der Waals surface area (Å²) in [5, 5.41) is 7.38. The van der Waals surface area contributed by atoms with E-state index in [4.69, 9.17) is 5.73 Å². The molecule has 0 unspecified atom stereocenters. The van der Waals surface area contributed by atoms with Gasteiger partial charge in [-0.3, -0.25) is 0 Å². The number of nitrogens with zero attached hydrogens (tertiary/aromatic N) is 2. The maximum Gasteiger partial charge on any atom is 0.573 e. The van der Waals surface area contributed by atoms with E-state index in [1.165, 1.54) is 11.8 Å². The fraction of sp³-hybridized carbons (Fsp3) is 0.125. The third-order valence-corrected chi connectivity index (χ3v) is 3.64. The normalized spacial score (nSPS) is 12.6. The molecule has 0 saturated carbocycles. The SMILES string of the molecule is NC(=NN=Cc1cc(F)ccc1OC(F)(F)F)SCc1ccccc1. The Labute approximate surface area is 145 Å². The predicted octanol–water partition coefficient (Wildman–Crippen LogP) is 4.31. The van der Waals surface area contributed by atoms with E-state index in [1.54, 1.807) is 0 Å². The first kappa shape index (κ1) is 18.8. The third kappa shape index (κ3) is 6.84. The van der Waals surface area contributed by atoms with E-state index in [2.05, 4.69) is 14.9 Å². The lowest BCUT2D eigenvalue weighted by molar-refractivity contribution is -0.274. The molecule has 2 aromatic carbocycles. The number of thioether (sulfide) groups is 1. The molecular weight excluding hydrogens is 358 g/mol. The molecule has 0 atom stereocenters. The van der Waals surface area contributed by atoms with Crippen LogP contribution in [0.5, 0.6) is 5.75 Å². The van der Waals surface area contributed by atoms with E-state index < -0.39 is 17.9 Å². The highest BCUT2D eigenvalue weighted by molar-refractivity contribution is 8.13. The molecule has 4 nitrogen and oxygen atoms in total. The van der Waals surface area contributed by atoms with E-state index in [-0.39, 0.29) is 10.7 Å². The van der Waals surface area contributed by atoms with Crippen LogP contribution in [0.15, 0.2) is 58.7 Å². The monoisotopic (exact) mass is 371 g/mol. The summed E-state index contributed by atoms with van der Waals surface area (Å²) in [5.41, 5.74) is 6.49. The topological polar surface area (TPSA) is 60.0 Å². The van der Waals surface area contributed by atoms with Gasteiger partial charge < -0.3 is 10.5 Å². The zero-order chi connectivity index (χ0) is 18.3. The molecule has 0 radical (unpaired) electrons. The van der Waals surface area contributed by atoms with Crippen LogP contribution in [0, 0.1) is 5.82 Å². The highest BCUT2D eigenvalue weighted by Crippen LogP contribution is 2.26. The number of alkyl halides is 3. The highest BCUT2D eigenvalue weighted by Gasteiger charge is 2.32. The van der Waals surface area contributed by atoms with Gasteiger partial charge >= 0.3 is 6.36 Å². The Hall–Kier alpha value is -2.55. The first-order valence-electron chi connectivity index (χ1n) is 6.92. The lowest BCUT2D eigenvalue weighted by Gasteiger charge is -2.10. The van der Waals surface area contributed by atoms with Gasteiger partial charge in [0.05, 0.1) is 6.21 Å². The van der Waals surface area contributed by atoms with Crippen LogP contribution in [-0.4, -0.2) is 17.7 Å². The van der Waals surface area contributed by atoms with Crippen molar-refractivity contribution < 1.29 is 22.3 Å². The standard InChI is InChI=1S/C16H13F4N3OS/c17-13-6-7-14(24-16(18,19)20)12(8-13)9-22-23-15(21)25-10-11-4-2-1-3-5-11/h1-9H,10H2,(H2,21,23). The molecule has 0 aromatic heterocycles. The molecule has 0 aliphatic carbocycles. The van der Waals surface area contributed by atoms with Crippen molar-refractivity contribution in [2.75, 3.05) is 0 Å². The Balaban J connectivity index is 2.03. The Morgan fingerprint density at radius 1 is 1.16 bits per heavy atom. The summed E-state index contributed by atoms with van der Waals surface area (Å²) in [4.78, 5) is 0. The van der Waals surface area contributed by atoms with Crippen molar-refractivity contribution >= 4 is 23.1 Å². The zero-order valence-electron chi connectivity index (χ0n) is 12.7. The molecule has 25 heavy (non-hydrogen) atoms. The van der Waals surface area contributed by atoms with Crippen molar-refractivity contribution in [3.05, 3.63) is 65.5 Å². The summed E-state index contributed by atoms with van der Waals surface area (Å²) < 4.78 is 54.0. The number of rotatable bonds is 5. The van der Waals surface area contributed by atoms with Gasteiger partial charge in [-0.05, 0) is 23.8 Å². The Morgan fingerprint density at radius 3 is 2.56 bits per heavy atom. The molecule has 0 heterocycles. The van der Waals surface area contributed by atoms with Gasteiger partial charge in [-0.2, -0.15) is 5.10 Å². The quantitative estimate of drug-likeness (QED) is 0.369. The molecule has 2 rings (SSSR count). The molecule has 0 bridgehead atoms. The molecule has 0 aliphatic heterocycles. The van der Waals surface area contributed by atoms with E-state index in [0.717, 1.165) is 30.0 Å². The summed E-state index contributed by atoms with van der Waals surface area (Å²) >= 11 is 1.21. The third-order valence-electron chi connectivity index (χ3n) is 2.78. The average Bonchev–Trinajstić information content (AvgIpc) is 2.55. The van der Waals surface area contributed by atoms with E-state index in [0.29, 0.717) is 5.75 Å². The van der Waals surface area contributed by atoms with Gasteiger partial charge in [0.25, 0.3) is 0 Å². The predicted molar refractivity (Wildman–Crippen MR) is 90.0 cm³/mol. The van der Waals surface area contributed by atoms with Gasteiger partial charge in [0.2, 0.25) is 0 Å². The second-order valence-electron chi connectivity index (χ2n) is 4.69. The van der Waals surface area contributed by atoms with Crippen LogP contribution in [0.4, 0.5) is 17.6 Å². The molecule has 132 valence electrons. The Bertz CT molecular complexity index is 764. The molecule has 0 saturated heterocycles. The number of halogens is 4. The fourth-order valence-corrected chi connectivity index (χ4v) is 2.36. The maximum atomic E-state index is 13.2. The lowest BCUT2D eigenvalue weighted by Crippen LogP contribution is -2.18. The average molecular weight is 371 g/mol. The summed E-state index contributed by atoms with van der Waals surface area (Å²) in [6.07, 6.45) is -3.95. The number of ether oxygens (including phenoxy) is 1. The molecular formula is C16H13F4N3OS. The van der Waals surface area contributed by atoms with Crippen LogP contribution in [0.2, 0.25) is 0 Å². The van der Waals surface area contributed by atoms with Crippen LogP contribution in [-0.2, 0) is 5.75 Å². The molecule has 2 aromatic rings. The number of nitrogens with two attached hydrogens (primary N) is 1. The van der Waals surface area contributed by atoms with Crippen molar-refractivity contribution in [2.45, 2.75) is 12.1 Å². The molecule has 9 heteroatoms. The number of benzene rings is 2. The molecule has 0 spiro atoms. The van der Waals surface area contributed by atoms with Crippen LogP contribution in [0.3, 0.4) is 0 Å². The first-order chi connectivity index (χ1) is 11.8. The van der Waals surface area contributed by atoms with Crippen LogP contribution in [0.25, 0.3) is 0 Å². The van der Waals surface area contributed by atoms with E-state index in [1.807, 2.05) is 30.3 Å². The van der Waals surface area contributed by atoms with Gasteiger partial charge in [-0.25, -0.2) is 4.39 Å². The fourth-order valence-electron chi connectivity index (χ4n) is 1.75. The largest absolute Gasteiger partial charge is 0.573 e. The second-order valence-corrected chi connectivity index (χ2v) is 5.68. The lowest BCUT2D eigenvalue weighted by atomic mass is 10.2. The maximum absolute atomic E-state index is 13.2. The smallest absolute Gasteiger partial charge is 0.405 e. The van der Waals surface area contributed by atoms with Gasteiger partial charge in [0.1, 0.15) is 11.6 Å². The summed E-state index contributed by atoms with van der Waals surface area (Å²) in [6.45, 7) is 0. The van der Waals surface area contributed by atoms with Gasteiger partial charge in [0, 0.05) is 11.3 Å². The van der Waals surface area contributed by atoms with Crippen LogP contribution in [0.1, 0.15) is 11.1 Å². The second kappa shape index (κ2) is 8.52. The minimum atomic E-state index is -4.89. The van der Waals surface area contributed by atoms with Crippen molar-refractivity contribution in [2.24, 2.45) is 15.9 Å². The summed E-state index contributed by atoms with van der Waals surface area (Å²) in [7, 11) is 0. The minimum absolute atomic E-state index is 0.120. The van der Waals surface area contributed by atoms with Gasteiger partial charge in [-0.15, -0.1) is 18.3 Å². The number of hydrogen-bond donors (Lipinski definition) is 1. The summed E-state index contributed by atoms with van der Waals surface area (Å²) in [5.74, 6) is -0.747. The van der Waals surface area contributed by atoms with Gasteiger partial charge in [0.15, 0.2) is 5.17 Å². The molecule has 0 amide bonds. The van der Waals surface area contributed by atoms with Crippen molar-refractivity contribution in [1.82, 2.24) is 0 Å². The minimum Gasteiger partial charge on any atom is -0.405 e. The first-order valence-corrected chi connectivity index (χ1v) is 7.90. The summed E-state index contributed by atoms with van der Waals surface area (Å²) in [6, 6.07) is 12.0. The highest BCUT2D eigenvalue weighted by atomic mass is 32.2. The van der Waals surface area contributed by atoms with Crippen LogP contribution < -0.4 is 10.5 Å². The molecule has 0 fully saturated rings. The van der Waals surface area contributed by atoms with Crippen molar-refractivity contribution in [3.8, 4) is 5.75 Å². The number of amidine groups is 1. The van der Waals surface area contributed by atoms with Crippen molar-refractivity contribution in [1.29, 1.82) is 0 Å². The number of hydrogen-bond acceptors (Lipinski definition) is 4. The van der Waals surface area contributed by atoms with Crippen LogP contribution >= 0.6 is 11.8 Å². The van der Waals surface area contributed by atoms with E-state index in [9.17, 15) is 17.6 Å².